The number of rotatable bonds is 16. The van der Waals surface area contributed by atoms with Gasteiger partial charge in [-0.3, -0.25) is 14.4 Å². The van der Waals surface area contributed by atoms with E-state index >= 15 is 0 Å². The van der Waals surface area contributed by atoms with E-state index in [2.05, 4.69) is 5.32 Å². The molecular weight excluding hydrogens is 1010 g/mol. The molecule has 0 aromatic carbocycles. The summed E-state index contributed by atoms with van der Waals surface area (Å²) in [5, 5.41) is 48.9. The lowest BCUT2D eigenvalue weighted by molar-refractivity contribution is -0.265. The van der Waals surface area contributed by atoms with E-state index in [-0.39, 0.29) is 56.4 Å². The minimum atomic E-state index is -2.48. The Kier molecular flexibility index (Phi) is 28.8. The molecular formula is C58H95N3O17. The number of aliphatic hydroxyl groups excluding tert-OH is 3. The number of ketones is 2. The van der Waals surface area contributed by atoms with Crippen LogP contribution in [0.3, 0.4) is 0 Å². The van der Waals surface area contributed by atoms with Crippen LogP contribution in [0, 0.1) is 29.6 Å². The fourth-order valence-corrected chi connectivity index (χ4v) is 10.9. The second-order valence-corrected chi connectivity index (χ2v) is 22.0. The molecule has 444 valence electrons. The number of fused-ring (bicyclic) bond motifs is 3. The maximum atomic E-state index is 14.5. The highest BCUT2D eigenvalue weighted by atomic mass is 16.6. The molecule has 20 heteroatoms. The predicted molar refractivity (Wildman–Crippen MR) is 291 cm³/mol. The van der Waals surface area contributed by atoms with Crippen LogP contribution >= 0.6 is 0 Å². The van der Waals surface area contributed by atoms with Crippen LogP contribution in [0.15, 0.2) is 47.6 Å². The van der Waals surface area contributed by atoms with Gasteiger partial charge in [0.05, 0.1) is 57.5 Å². The number of cyclic esters (lactones) is 1. The topological polar surface area (TPSA) is 281 Å². The fourth-order valence-electron chi connectivity index (χ4n) is 10.9. The molecule has 1 aliphatic carbocycles. The van der Waals surface area contributed by atoms with Crippen LogP contribution in [0.4, 0.5) is 4.79 Å². The largest absolute Gasteiger partial charge is 0.459 e. The summed E-state index contributed by atoms with van der Waals surface area (Å²) in [6, 6.07) is -2.10. The van der Waals surface area contributed by atoms with Crippen molar-refractivity contribution in [3.63, 3.8) is 0 Å². The monoisotopic (exact) mass is 1110 g/mol. The molecule has 3 fully saturated rings. The molecule has 2 saturated heterocycles. The van der Waals surface area contributed by atoms with Gasteiger partial charge in [0, 0.05) is 70.6 Å². The summed E-state index contributed by atoms with van der Waals surface area (Å²) in [4.78, 5) is 70.6. The molecule has 0 aromatic rings. The Balaban J connectivity index is 1.56. The van der Waals surface area contributed by atoms with E-state index < -0.39 is 114 Å². The van der Waals surface area contributed by atoms with Crippen molar-refractivity contribution in [2.24, 2.45) is 35.3 Å². The molecule has 7 N–H and O–H groups in total. The Morgan fingerprint density at radius 3 is 2.22 bits per heavy atom. The van der Waals surface area contributed by atoms with E-state index in [9.17, 15) is 44.4 Å². The van der Waals surface area contributed by atoms with E-state index in [0.717, 1.165) is 10.5 Å². The quantitative estimate of drug-likeness (QED) is 0.0523. The third-order valence-corrected chi connectivity index (χ3v) is 15.9. The van der Waals surface area contributed by atoms with Crippen molar-refractivity contribution < 1.29 is 82.3 Å². The number of hydrogen-bond donors (Lipinski definition) is 6. The first-order chi connectivity index (χ1) is 37.1. The van der Waals surface area contributed by atoms with Crippen LogP contribution in [0.5, 0.6) is 0 Å². The Bertz CT molecular complexity index is 2020. The lowest BCUT2D eigenvalue weighted by Gasteiger charge is -2.42. The first kappa shape index (κ1) is 66.6. The molecule has 0 unspecified atom stereocenters. The first-order valence-corrected chi connectivity index (χ1v) is 28.4. The van der Waals surface area contributed by atoms with Crippen molar-refractivity contribution >= 4 is 29.5 Å². The van der Waals surface area contributed by atoms with Gasteiger partial charge in [0.15, 0.2) is 5.78 Å². The van der Waals surface area contributed by atoms with Crippen molar-refractivity contribution in [1.29, 1.82) is 0 Å². The standard InChI is InChI=1S/C58H95N3O17/c1-10-73-26-27-75-29-28-74-25-23-60-57(69)77-47-22-20-42(33-50(47)72-9)32-44(59)49-35-46(62)38(4)31-40(6)52(64)53(65)51(63)39(5)30-36(2)16-12-11-13-17-37(3)48(71-8)34-43-21-19-41(7)58(70,78-43)54(66)55(67)61-24-15-14-18-45(61)56(68)76-49/h11-13,16-17,31,36,38-39,41-50,52-53,62,64-65,70H,10,14-15,18-30,32-35,59H2,1-9H3,(H,60,69)/b13-11+,16-12+,37-17+,40-31+/t36-,38-,39-,41-,42+,43+,44-,45+,46-,47-,48+,49+,50-,52-,53+,58-/m1/s1. The van der Waals surface area contributed by atoms with Crippen molar-refractivity contribution in [2.45, 2.75) is 192 Å². The number of hydrogen-bond acceptors (Lipinski definition) is 18. The number of alkyl carbamates (subject to hydrolysis) is 1. The summed E-state index contributed by atoms with van der Waals surface area (Å²) in [7, 11) is 3.09. The number of Topliss-reactive ketones (excluding diaryl/α,β-unsaturated/α-hetero) is 2. The summed E-state index contributed by atoms with van der Waals surface area (Å²) in [5.74, 6) is -8.29. The number of nitrogens with zero attached hydrogens (tertiary/aromatic N) is 1. The van der Waals surface area contributed by atoms with Crippen LogP contribution in [0.25, 0.3) is 0 Å². The van der Waals surface area contributed by atoms with Crippen LogP contribution in [0.1, 0.15) is 126 Å². The highest BCUT2D eigenvalue weighted by Crippen LogP contribution is 2.37. The van der Waals surface area contributed by atoms with Gasteiger partial charge < -0.3 is 74.3 Å². The normalized spacial score (nSPS) is 36.5. The summed E-state index contributed by atoms with van der Waals surface area (Å²) < 4.78 is 46.0. The average Bonchev–Trinajstić information content (AvgIpc) is 3.51. The van der Waals surface area contributed by atoms with E-state index in [1.165, 1.54) is 7.11 Å². The Labute approximate surface area is 462 Å². The van der Waals surface area contributed by atoms with Gasteiger partial charge in [-0.1, -0.05) is 64.2 Å². The first-order valence-electron chi connectivity index (χ1n) is 28.4. The van der Waals surface area contributed by atoms with Crippen LogP contribution in [-0.2, 0) is 57.1 Å². The molecule has 3 heterocycles. The fraction of sp³-hybridized carbons (Fsp3) is 0.776. The summed E-state index contributed by atoms with van der Waals surface area (Å²) >= 11 is 0. The number of aliphatic hydroxyl groups is 4. The molecule has 1 saturated carbocycles. The number of allylic oxidation sites excluding steroid dienone is 5. The van der Waals surface area contributed by atoms with Crippen molar-refractivity contribution in [3.8, 4) is 0 Å². The third kappa shape index (κ3) is 20.3. The van der Waals surface area contributed by atoms with E-state index in [1.54, 1.807) is 40.9 Å². The summed E-state index contributed by atoms with van der Waals surface area (Å²) in [6.07, 6.45) is 6.82. The van der Waals surface area contributed by atoms with Gasteiger partial charge in [0.2, 0.25) is 5.79 Å². The lowest BCUT2D eigenvalue weighted by Crippen LogP contribution is -2.61. The molecule has 0 aromatic heterocycles. The number of carbonyl (C=O) groups excluding carboxylic acids is 5. The summed E-state index contributed by atoms with van der Waals surface area (Å²) in [6.45, 7) is 15.2. The maximum absolute atomic E-state index is 14.5. The van der Waals surface area contributed by atoms with Crippen molar-refractivity contribution in [1.82, 2.24) is 10.2 Å². The van der Waals surface area contributed by atoms with Crippen molar-refractivity contribution in [3.05, 3.63) is 47.6 Å². The molecule has 16 atom stereocenters. The average molecular weight is 1110 g/mol. The van der Waals surface area contributed by atoms with E-state index in [1.807, 2.05) is 51.2 Å². The molecule has 4 rings (SSSR count). The zero-order chi connectivity index (χ0) is 57.5. The van der Waals surface area contributed by atoms with Gasteiger partial charge in [0.1, 0.15) is 30.5 Å². The van der Waals surface area contributed by atoms with Gasteiger partial charge in [-0.05, 0) is 108 Å². The minimum Gasteiger partial charge on any atom is -0.459 e. The number of carbonyl (C=O) groups is 5. The smallest absolute Gasteiger partial charge is 0.407 e. The Morgan fingerprint density at radius 2 is 1.53 bits per heavy atom. The molecule has 2 bridgehead atoms. The lowest BCUT2D eigenvalue weighted by atomic mass is 9.80. The highest BCUT2D eigenvalue weighted by molar-refractivity contribution is 6.39. The Hall–Kier alpha value is -3.93. The van der Waals surface area contributed by atoms with Crippen LogP contribution < -0.4 is 11.1 Å². The molecule has 3 aliphatic heterocycles. The van der Waals surface area contributed by atoms with Gasteiger partial charge in [-0.25, -0.2) is 9.59 Å². The van der Waals surface area contributed by atoms with Crippen LogP contribution in [-0.4, -0.2) is 189 Å². The number of piperidine rings is 1. The molecule has 78 heavy (non-hydrogen) atoms. The number of methoxy groups -OCH3 is 2. The predicted octanol–water partition coefficient (Wildman–Crippen LogP) is 4.81. The number of esters is 1. The molecule has 0 spiro atoms. The highest BCUT2D eigenvalue weighted by Gasteiger charge is 2.53. The number of amides is 2. The van der Waals surface area contributed by atoms with Gasteiger partial charge >= 0.3 is 12.1 Å². The second-order valence-electron chi connectivity index (χ2n) is 22.0. The zero-order valence-corrected chi connectivity index (χ0v) is 47.9. The van der Waals surface area contributed by atoms with Crippen LogP contribution in [0.2, 0.25) is 0 Å². The second kappa shape index (κ2) is 33.7. The molecule has 20 nitrogen and oxygen atoms in total. The third-order valence-electron chi connectivity index (χ3n) is 15.9. The number of nitrogens with one attached hydrogen (secondary N) is 1. The molecule has 2 amide bonds. The number of nitrogens with two attached hydrogens (primary N) is 1. The SMILES string of the molecule is CCOCCOCCOCCNC(=O)O[C@@H]1CC[C@@H](C[C@@H](N)[C@@H]2C[C@@H](O)[C@H](C)/C=C(\C)[C@@H](O)[C@@H](O)C(=O)[C@H](C)C[C@H](C)/C=C/C=C/C=C(\C)[C@@H](OC)C[C@@H]3CC[C@@H](C)[C@@](O)(O3)C(=O)C(=O)N3CCCC[C@H]3C(=O)O2)C[C@H]1OC. The number of ether oxygens (including phenoxy) is 8. The van der Waals surface area contributed by atoms with Gasteiger partial charge in [-0.15, -0.1) is 0 Å². The Morgan fingerprint density at radius 1 is 0.821 bits per heavy atom. The van der Waals surface area contributed by atoms with Crippen molar-refractivity contribution in [2.75, 3.05) is 67.0 Å². The zero-order valence-electron chi connectivity index (χ0n) is 47.9. The van der Waals surface area contributed by atoms with Gasteiger partial charge in [0.25, 0.3) is 11.7 Å². The van der Waals surface area contributed by atoms with E-state index in [4.69, 9.17) is 43.6 Å². The molecule has 0 radical (unpaired) electrons. The minimum absolute atomic E-state index is 0.0339. The maximum Gasteiger partial charge on any atom is 0.407 e. The van der Waals surface area contributed by atoms with E-state index in [0.29, 0.717) is 90.8 Å². The van der Waals surface area contributed by atoms with Gasteiger partial charge in [-0.2, -0.15) is 0 Å². The summed E-state index contributed by atoms with van der Waals surface area (Å²) in [5.41, 5.74) is 8.09. The molecule has 4 aliphatic rings.